The van der Waals surface area contributed by atoms with E-state index in [-0.39, 0.29) is 42.1 Å². The molecule has 0 aromatic heterocycles. The van der Waals surface area contributed by atoms with Crippen LogP contribution in [0, 0.1) is 0 Å². The Labute approximate surface area is 153 Å². The minimum Gasteiger partial charge on any atom is -0.507 e. The van der Waals surface area contributed by atoms with Gasteiger partial charge in [-0.25, -0.2) is 0 Å². The predicted octanol–water partition coefficient (Wildman–Crippen LogP) is 0.685. The van der Waals surface area contributed by atoms with Crippen LogP contribution in [0.2, 0.25) is 0 Å². The zero-order chi connectivity index (χ0) is 18.9. The molecule has 2 rings (SSSR count). The number of benzene rings is 1. The van der Waals surface area contributed by atoms with E-state index >= 15 is 0 Å². The molecule has 1 aliphatic rings. The number of carboxylic acids is 1. The first-order valence-electron chi connectivity index (χ1n) is 7.80. The van der Waals surface area contributed by atoms with Gasteiger partial charge < -0.3 is 20.8 Å². The summed E-state index contributed by atoms with van der Waals surface area (Å²) in [6.07, 6.45) is 1.63. The fourth-order valence-electron chi connectivity index (χ4n) is 2.03. The molecule has 0 aliphatic carbocycles. The average Bonchev–Trinajstić information content (AvgIpc) is 2.93. The van der Waals surface area contributed by atoms with Crippen LogP contribution in [-0.4, -0.2) is 51.2 Å². The van der Waals surface area contributed by atoms with Crippen LogP contribution in [0.3, 0.4) is 0 Å². The third kappa shape index (κ3) is 6.20. The molecule has 0 radical (unpaired) electrons. The highest BCUT2D eigenvalue weighted by molar-refractivity contribution is 8.15. The molecule has 1 aromatic rings. The van der Waals surface area contributed by atoms with E-state index in [2.05, 4.69) is 20.8 Å². The summed E-state index contributed by atoms with van der Waals surface area (Å²) in [6, 6.07) is 6.61. The summed E-state index contributed by atoms with van der Waals surface area (Å²) in [6.45, 7) is 0.246. The van der Waals surface area contributed by atoms with Gasteiger partial charge in [0.2, 0.25) is 11.8 Å². The second kappa shape index (κ2) is 9.56. The van der Waals surface area contributed by atoms with Crippen molar-refractivity contribution in [1.29, 1.82) is 0 Å². The Morgan fingerprint density at radius 1 is 1.35 bits per heavy atom. The smallest absolute Gasteiger partial charge is 0.303 e. The van der Waals surface area contributed by atoms with Gasteiger partial charge in [-0.1, -0.05) is 23.9 Å². The summed E-state index contributed by atoms with van der Waals surface area (Å²) in [5, 5.41) is 30.6. The number of aromatic hydroxyl groups is 1. The van der Waals surface area contributed by atoms with E-state index in [0.717, 1.165) is 11.8 Å². The second-order valence-electron chi connectivity index (χ2n) is 5.36. The highest BCUT2D eigenvalue weighted by Crippen LogP contribution is 2.22. The molecular weight excluding hydrogens is 360 g/mol. The molecule has 4 N–H and O–H groups in total. The molecule has 1 aliphatic heterocycles. The lowest BCUT2D eigenvalue weighted by molar-refractivity contribution is -0.137. The lowest BCUT2D eigenvalue weighted by atomic mass is 10.2. The van der Waals surface area contributed by atoms with Crippen molar-refractivity contribution in [3.63, 3.8) is 0 Å². The monoisotopic (exact) mass is 378 g/mol. The molecule has 138 valence electrons. The molecular formula is C16H18N4O5S. The van der Waals surface area contributed by atoms with E-state index in [0.29, 0.717) is 12.0 Å². The molecule has 26 heavy (non-hydrogen) atoms. The van der Waals surface area contributed by atoms with E-state index < -0.39 is 11.2 Å². The molecule has 0 spiro atoms. The quantitative estimate of drug-likeness (QED) is 0.298. The molecule has 2 amide bonds. The minimum atomic E-state index is -0.921. The van der Waals surface area contributed by atoms with Gasteiger partial charge in [0.25, 0.3) is 0 Å². The van der Waals surface area contributed by atoms with Crippen molar-refractivity contribution in [3.8, 4) is 5.75 Å². The Kier molecular flexibility index (Phi) is 7.15. The number of nitrogens with one attached hydrogen (secondary N) is 2. The van der Waals surface area contributed by atoms with Crippen molar-refractivity contribution < 1.29 is 24.6 Å². The molecule has 0 unspecified atom stereocenters. The standard InChI is InChI=1S/C16H18N4O5S/c21-11-5-2-1-4-10(11)9-18-20-16-19-15(25)12(26-16)8-13(22)17-7-3-6-14(23)24/h1-2,4-5,9,12,21H,3,6-8H2,(H,17,22)(H,23,24)(H,19,20,25)/b18-9-/t12-/m0/s1. The van der Waals surface area contributed by atoms with Crippen LogP contribution in [-0.2, 0) is 14.4 Å². The molecule has 0 bridgehead atoms. The Bertz CT molecular complexity index is 750. The number of thioether (sulfide) groups is 1. The number of rotatable bonds is 8. The topological polar surface area (TPSA) is 140 Å². The highest BCUT2D eigenvalue weighted by Gasteiger charge is 2.32. The van der Waals surface area contributed by atoms with Crippen molar-refractivity contribution in [2.24, 2.45) is 10.2 Å². The van der Waals surface area contributed by atoms with Crippen LogP contribution >= 0.6 is 11.8 Å². The van der Waals surface area contributed by atoms with Crippen molar-refractivity contribution in [3.05, 3.63) is 29.8 Å². The number of hydrogen-bond acceptors (Lipinski definition) is 7. The van der Waals surface area contributed by atoms with Gasteiger partial charge in [-0.15, -0.1) is 5.10 Å². The summed E-state index contributed by atoms with van der Waals surface area (Å²) in [5.41, 5.74) is 0.489. The fraction of sp³-hybridized carbons (Fsp3) is 0.312. The number of aliphatic carboxylic acids is 1. The number of amides is 2. The van der Waals surface area contributed by atoms with Crippen LogP contribution in [0.1, 0.15) is 24.8 Å². The first-order chi connectivity index (χ1) is 12.5. The van der Waals surface area contributed by atoms with Crippen molar-refractivity contribution in [2.75, 3.05) is 6.54 Å². The summed E-state index contributed by atoms with van der Waals surface area (Å²) in [7, 11) is 0. The van der Waals surface area contributed by atoms with Gasteiger partial charge in [0.15, 0.2) is 5.17 Å². The summed E-state index contributed by atoms with van der Waals surface area (Å²) < 4.78 is 0. The molecule has 1 fully saturated rings. The number of hydrogen-bond donors (Lipinski definition) is 4. The normalized spacial score (nSPS) is 18.2. The van der Waals surface area contributed by atoms with Gasteiger partial charge >= 0.3 is 5.97 Å². The maximum atomic E-state index is 11.9. The second-order valence-corrected chi connectivity index (χ2v) is 6.55. The number of carbonyl (C=O) groups excluding carboxylic acids is 2. The lowest BCUT2D eigenvalue weighted by Crippen LogP contribution is -2.31. The van der Waals surface area contributed by atoms with Crippen LogP contribution in [0.25, 0.3) is 0 Å². The van der Waals surface area contributed by atoms with Gasteiger partial charge in [0.05, 0.1) is 6.21 Å². The van der Waals surface area contributed by atoms with Gasteiger partial charge in [0, 0.05) is 24.9 Å². The van der Waals surface area contributed by atoms with Gasteiger partial charge in [0.1, 0.15) is 11.0 Å². The number of carboxylic acid groups (broad SMARTS) is 1. The van der Waals surface area contributed by atoms with Crippen molar-refractivity contribution in [2.45, 2.75) is 24.5 Å². The number of amidine groups is 1. The lowest BCUT2D eigenvalue weighted by Gasteiger charge is -2.06. The van der Waals surface area contributed by atoms with E-state index in [1.165, 1.54) is 12.3 Å². The van der Waals surface area contributed by atoms with Crippen molar-refractivity contribution in [1.82, 2.24) is 10.6 Å². The maximum Gasteiger partial charge on any atom is 0.303 e. The van der Waals surface area contributed by atoms with Crippen LogP contribution in [0.5, 0.6) is 5.75 Å². The summed E-state index contributed by atoms with van der Waals surface area (Å²) >= 11 is 1.09. The van der Waals surface area contributed by atoms with Crippen LogP contribution in [0.4, 0.5) is 0 Å². The first kappa shape index (κ1) is 19.4. The zero-order valence-corrected chi connectivity index (χ0v) is 14.5. The molecule has 1 atom stereocenters. The van der Waals surface area contributed by atoms with E-state index in [4.69, 9.17) is 5.11 Å². The Hall–Kier alpha value is -2.88. The van der Waals surface area contributed by atoms with Crippen molar-refractivity contribution >= 4 is 40.9 Å². The van der Waals surface area contributed by atoms with Gasteiger partial charge in [-0.3, -0.25) is 14.4 Å². The molecule has 0 saturated carbocycles. The molecule has 1 saturated heterocycles. The van der Waals surface area contributed by atoms with Gasteiger partial charge in [-0.05, 0) is 18.6 Å². The number of para-hydroxylation sites is 1. The number of phenolic OH excluding ortho intramolecular Hbond substituents is 1. The third-order valence-corrected chi connectivity index (χ3v) is 4.39. The van der Waals surface area contributed by atoms with E-state index in [1.807, 2.05) is 0 Å². The molecule has 9 nitrogen and oxygen atoms in total. The Morgan fingerprint density at radius 3 is 2.85 bits per heavy atom. The fourth-order valence-corrected chi connectivity index (χ4v) is 2.96. The van der Waals surface area contributed by atoms with Crippen LogP contribution in [0.15, 0.2) is 34.5 Å². The Morgan fingerprint density at radius 2 is 2.12 bits per heavy atom. The first-order valence-corrected chi connectivity index (χ1v) is 8.68. The maximum absolute atomic E-state index is 11.9. The third-order valence-electron chi connectivity index (χ3n) is 3.32. The molecule has 10 heteroatoms. The summed E-state index contributed by atoms with van der Waals surface area (Å²) in [5.74, 6) is -1.53. The predicted molar refractivity (Wildman–Crippen MR) is 97.2 cm³/mol. The van der Waals surface area contributed by atoms with Crippen LogP contribution < -0.4 is 10.6 Å². The van der Waals surface area contributed by atoms with Gasteiger partial charge in [-0.2, -0.15) is 5.10 Å². The molecule has 1 aromatic carbocycles. The molecule has 1 heterocycles. The number of nitrogens with zero attached hydrogens (tertiary/aromatic N) is 2. The SMILES string of the molecule is O=C(O)CCCNC(=O)C[C@@H]1S/C(=N\N=C/c2ccccc2O)NC1=O. The number of carbonyl (C=O) groups is 3. The van der Waals surface area contributed by atoms with E-state index in [9.17, 15) is 19.5 Å². The zero-order valence-electron chi connectivity index (χ0n) is 13.7. The Balaban J connectivity index is 1.81. The average molecular weight is 378 g/mol. The number of phenols is 1. The largest absolute Gasteiger partial charge is 0.507 e. The minimum absolute atomic E-state index is 0.0231. The van der Waals surface area contributed by atoms with E-state index in [1.54, 1.807) is 18.2 Å². The summed E-state index contributed by atoms with van der Waals surface area (Å²) in [4.78, 5) is 34.0. The highest BCUT2D eigenvalue weighted by atomic mass is 32.2.